The zero-order chi connectivity index (χ0) is 5.70. The summed E-state index contributed by atoms with van der Waals surface area (Å²) >= 11 is 0. The van der Waals surface area contributed by atoms with E-state index in [0.717, 1.165) is 0 Å². The van der Waals surface area contributed by atoms with E-state index in [2.05, 4.69) is 0 Å². The minimum atomic E-state index is -0.360. The van der Waals surface area contributed by atoms with Gasteiger partial charge in [0.05, 0.1) is 6.10 Å². The fourth-order valence-corrected chi connectivity index (χ4v) is 0.268. The molecule has 0 saturated heterocycles. The van der Waals surface area contributed by atoms with Crippen molar-refractivity contribution in [3.8, 4) is 0 Å². The summed E-state index contributed by atoms with van der Waals surface area (Å²) in [7, 11) is 0. The highest BCUT2D eigenvalue weighted by Crippen LogP contribution is 1.83. The highest BCUT2D eigenvalue weighted by molar-refractivity contribution is 4.49. The number of rotatable bonds is 3. The van der Waals surface area contributed by atoms with Gasteiger partial charge in [-0.2, -0.15) is 0 Å². The molecule has 0 aliphatic rings. The second-order valence-electron chi connectivity index (χ2n) is 1.53. The van der Waals surface area contributed by atoms with Crippen molar-refractivity contribution in [2.45, 2.75) is 19.4 Å². The van der Waals surface area contributed by atoms with Crippen LogP contribution in [-0.2, 0) is 0 Å². The number of aliphatic hydroxyl groups excluding tert-OH is 1. The molecular weight excluding hydrogens is 94.0 g/mol. The van der Waals surface area contributed by atoms with Crippen molar-refractivity contribution in [3.63, 3.8) is 0 Å². The number of hydrogen-bond donors (Lipinski definition) is 2. The predicted octanol–water partition coefficient (Wildman–Crippen LogP) is -0.155. The second-order valence-corrected chi connectivity index (χ2v) is 1.53. The van der Waals surface area contributed by atoms with Crippen molar-refractivity contribution in [3.05, 3.63) is 5.21 Å². The lowest BCUT2D eigenvalue weighted by molar-refractivity contribution is 0.185. The molecule has 0 heterocycles. The molecule has 0 rings (SSSR count). The van der Waals surface area contributed by atoms with Crippen LogP contribution in [0.4, 0.5) is 0 Å². The Morgan fingerprint density at radius 2 is 2.43 bits per heavy atom. The number of hydroxylamine groups is 1. The van der Waals surface area contributed by atoms with Crippen LogP contribution < -0.4 is 5.48 Å². The highest BCUT2D eigenvalue weighted by atomic mass is 16.5. The third-order valence-electron chi connectivity index (χ3n) is 0.664. The Labute approximate surface area is 42.9 Å². The molecule has 0 aliphatic carbocycles. The van der Waals surface area contributed by atoms with Gasteiger partial charge in [0, 0.05) is 0 Å². The number of hydrogen-bond acceptors (Lipinski definition) is 3. The summed E-state index contributed by atoms with van der Waals surface area (Å²) in [5.41, 5.74) is 1.69. The van der Waals surface area contributed by atoms with Crippen molar-refractivity contribution in [1.29, 1.82) is 0 Å². The molecule has 1 atom stereocenters. The Morgan fingerprint density at radius 3 is 2.57 bits per heavy atom. The van der Waals surface area contributed by atoms with E-state index >= 15 is 0 Å². The molecule has 2 N–H and O–H groups in total. The number of nitrogens with one attached hydrogen (secondary N) is 1. The molecule has 0 saturated carbocycles. The Morgan fingerprint density at radius 1 is 1.86 bits per heavy atom. The van der Waals surface area contributed by atoms with Crippen molar-refractivity contribution in [1.82, 2.24) is 5.48 Å². The molecule has 3 heteroatoms. The van der Waals surface area contributed by atoms with Gasteiger partial charge in [-0.15, -0.1) is 0 Å². The first-order valence-corrected chi connectivity index (χ1v) is 2.30. The molecule has 7 heavy (non-hydrogen) atoms. The molecule has 0 radical (unpaired) electrons. The molecule has 0 aromatic carbocycles. The zero-order valence-electron chi connectivity index (χ0n) is 4.35. The molecule has 0 amide bonds. The van der Waals surface area contributed by atoms with Crippen LogP contribution in [0.1, 0.15) is 13.3 Å². The van der Waals surface area contributed by atoms with E-state index in [4.69, 9.17) is 5.11 Å². The van der Waals surface area contributed by atoms with E-state index in [1.165, 1.54) is 0 Å². The summed E-state index contributed by atoms with van der Waals surface area (Å²) in [6.45, 7) is 2.00. The van der Waals surface area contributed by atoms with Crippen LogP contribution in [-0.4, -0.2) is 17.8 Å². The molecule has 0 aromatic rings. The van der Waals surface area contributed by atoms with Crippen LogP contribution in [0.3, 0.4) is 0 Å². The van der Waals surface area contributed by atoms with Crippen LogP contribution >= 0.6 is 0 Å². The van der Waals surface area contributed by atoms with Crippen LogP contribution in [0.25, 0.3) is 0 Å². The minimum absolute atomic E-state index is 0.345. The predicted molar refractivity (Wildman–Crippen MR) is 27.7 cm³/mol. The summed E-state index contributed by atoms with van der Waals surface area (Å²) in [6.07, 6.45) is 0.171. The van der Waals surface area contributed by atoms with E-state index in [1.807, 2.05) is 0 Å². The highest BCUT2D eigenvalue weighted by Gasteiger charge is 1.88. The van der Waals surface area contributed by atoms with E-state index in [9.17, 15) is 5.21 Å². The van der Waals surface area contributed by atoms with Gasteiger partial charge in [0.25, 0.3) is 0 Å². The van der Waals surface area contributed by atoms with Crippen molar-refractivity contribution < 1.29 is 5.11 Å². The molecule has 1 unspecified atom stereocenters. The maximum atomic E-state index is 9.47. The molecule has 3 nitrogen and oxygen atoms in total. The molecule has 0 aliphatic heterocycles. The summed E-state index contributed by atoms with van der Waals surface area (Å²) in [6, 6.07) is 0. The lowest BCUT2D eigenvalue weighted by Gasteiger charge is -2.07. The molecular formula is C4H10NO2-. The Balaban J connectivity index is 2.68. The minimum Gasteiger partial charge on any atom is -0.788 e. The molecule has 0 aromatic heterocycles. The van der Waals surface area contributed by atoms with Gasteiger partial charge in [0.15, 0.2) is 0 Å². The van der Waals surface area contributed by atoms with Gasteiger partial charge in [0.2, 0.25) is 0 Å². The van der Waals surface area contributed by atoms with Gasteiger partial charge in [-0.3, -0.25) is 0 Å². The summed E-state index contributed by atoms with van der Waals surface area (Å²) < 4.78 is 0. The second kappa shape index (κ2) is 4.05. The normalized spacial score (nSPS) is 14.1. The topological polar surface area (TPSA) is 55.3 Å². The van der Waals surface area contributed by atoms with E-state index in [0.29, 0.717) is 13.0 Å². The molecule has 0 bridgehead atoms. The lowest BCUT2D eigenvalue weighted by Crippen LogP contribution is -2.12. The van der Waals surface area contributed by atoms with Gasteiger partial charge in [-0.25, -0.2) is 0 Å². The van der Waals surface area contributed by atoms with Gasteiger partial charge >= 0.3 is 0 Å². The summed E-state index contributed by atoms with van der Waals surface area (Å²) in [5, 5.41) is 18.0. The van der Waals surface area contributed by atoms with Crippen LogP contribution in [0.5, 0.6) is 0 Å². The van der Waals surface area contributed by atoms with E-state index in [-0.39, 0.29) is 6.10 Å². The fraction of sp³-hybridized carbons (Fsp3) is 1.00. The Hall–Kier alpha value is -0.120. The van der Waals surface area contributed by atoms with Gasteiger partial charge in [-0.1, -0.05) is 0 Å². The van der Waals surface area contributed by atoms with E-state index < -0.39 is 0 Å². The molecule has 0 spiro atoms. The lowest BCUT2D eigenvalue weighted by atomic mass is 10.3. The Bertz CT molecular complexity index is 38.7. The number of aliphatic hydroxyl groups is 1. The van der Waals surface area contributed by atoms with Gasteiger partial charge < -0.3 is 15.8 Å². The summed E-state index contributed by atoms with van der Waals surface area (Å²) in [4.78, 5) is 0. The maximum absolute atomic E-state index is 9.47. The molecule has 44 valence electrons. The first kappa shape index (κ1) is 6.88. The average molecular weight is 104 g/mol. The van der Waals surface area contributed by atoms with Crippen molar-refractivity contribution in [2.75, 3.05) is 6.54 Å². The fourth-order valence-electron chi connectivity index (χ4n) is 0.268. The third-order valence-corrected chi connectivity index (χ3v) is 0.664. The largest absolute Gasteiger partial charge is 0.788 e. The zero-order valence-corrected chi connectivity index (χ0v) is 4.35. The SMILES string of the molecule is CC(O)CCN[O-]. The Kier molecular flexibility index (Phi) is 3.98. The smallest absolute Gasteiger partial charge is 0.0523 e. The van der Waals surface area contributed by atoms with Crippen LogP contribution in [0, 0.1) is 5.21 Å². The van der Waals surface area contributed by atoms with Crippen LogP contribution in [0.2, 0.25) is 0 Å². The maximum Gasteiger partial charge on any atom is 0.0523 e. The third kappa shape index (κ3) is 5.88. The first-order chi connectivity index (χ1) is 3.27. The van der Waals surface area contributed by atoms with Crippen molar-refractivity contribution in [2.24, 2.45) is 0 Å². The average Bonchev–Trinajstić information content (AvgIpc) is 1.61. The summed E-state index contributed by atoms with van der Waals surface area (Å²) in [5.74, 6) is 0. The van der Waals surface area contributed by atoms with E-state index in [1.54, 1.807) is 12.4 Å². The van der Waals surface area contributed by atoms with Crippen molar-refractivity contribution >= 4 is 0 Å². The standard InChI is InChI=1S/C4H10NO2/c1-4(6)2-3-5-7/h4-6H,2-3H2,1H3/q-1. The molecule has 0 fully saturated rings. The first-order valence-electron chi connectivity index (χ1n) is 2.30. The monoisotopic (exact) mass is 104 g/mol. The quantitative estimate of drug-likeness (QED) is 0.489. The van der Waals surface area contributed by atoms with Gasteiger partial charge in [-0.05, 0) is 19.9 Å². The van der Waals surface area contributed by atoms with Crippen LogP contribution in [0.15, 0.2) is 0 Å². The van der Waals surface area contributed by atoms with Gasteiger partial charge in [0.1, 0.15) is 0 Å².